The Morgan fingerprint density at radius 2 is 1.78 bits per heavy atom. The molecule has 1 N–H and O–H groups in total. The van der Waals surface area contributed by atoms with E-state index in [-0.39, 0.29) is 0 Å². The molecule has 2 saturated heterocycles. The lowest BCUT2D eigenvalue weighted by molar-refractivity contribution is 0.178. The SMILES string of the molecule is CC(C)CCC1C[C@H]2CN(CCC(C)C)C[C@@H]1N2. The number of likely N-dealkylation sites (tertiary alicyclic amines) is 1. The van der Waals surface area contributed by atoms with Gasteiger partial charge in [0.15, 0.2) is 0 Å². The summed E-state index contributed by atoms with van der Waals surface area (Å²) in [4.78, 5) is 2.71. The van der Waals surface area contributed by atoms with Gasteiger partial charge in [0.25, 0.3) is 0 Å². The summed E-state index contributed by atoms with van der Waals surface area (Å²) in [6, 6.07) is 1.57. The quantitative estimate of drug-likeness (QED) is 0.781. The van der Waals surface area contributed by atoms with Crippen LogP contribution in [-0.4, -0.2) is 36.6 Å². The molecular weight excluding hydrogens is 220 g/mol. The molecule has 18 heavy (non-hydrogen) atoms. The standard InChI is InChI=1S/C16H32N2/c1-12(2)5-6-14-9-15-10-18(8-7-13(3)4)11-16(14)17-15/h12-17H,5-11H2,1-4H3/t14?,15-,16-/m0/s1. The maximum atomic E-state index is 3.84. The van der Waals surface area contributed by atoms with E-state index in [0.29, 0.717) is 0 Å². The molecule has 2 aliphatic heterocycles. The normalized spacial score (nSPS) is 32.7. The number of nitrogens with one attached hydrogen (secondary N) is 1. The first-order valence-corrected chi connectivity index (χ1v) is 8.03. The number of nitrogens with zero attached hydrogens (tertiary/aromatic N) is 1. The van der Waals surface area contributed by atoms with Gasteiger partial charge < -0.3 is 10.2 Å². The van der Waals surface area contributed by atoms with Crippen LogP contribution < -0.4 is 5.32 Å². The highest BCUT2D eigenvalue weighted by molar-refractivity contribution is 4.98. The van der Waals surface area contributed by atoms with E-state index in [2.05, 4.69) is 37.9 Å². The number of hydrogen-bond donors (Lipinski definition) is 1. The van der Waals surface area contributed by atoms with E-state index in [1.54, 1.807) is 0 Å². The summed E-state index contributed by atoms with van der Waals surface area (Å²) in [6.07, 6.45) is 5.62. The Balaban J connectivity index is 1.77. The second-order valence-corrected chi connectivity index (χ2v) is 7.38. The van der Waals surface area contributed by atoms with E-state index < -0.39 is 0 Å². The van der Waals surface area contributed by atoms with Gasteiger partial charge in [-0.05, 0) is 43.6 Å². The van der Waals surface area contributed by atoms with Crippen molar-refractivity contribution < 1.29 is 0 Å². The Labute approximate surface area is 114 Å². The van der Waals surface area contributed by atoms with Gasteiger partial charge >= 0.3 is 0 Å². The summed E-state index contributed by atoms with van der Waals surface area (Å²) in [5, 5.41) is 3.84. The van der Waals surface area contributed by atoms with Gasteiger partial charge in [-0.25, -0.2) is 0 Å². The van der Waals surface area contributed by atoms with E-state index in [1.807, 2.05) is 0 Å². The second-order valence-electron chi connectivity index (χ2n) is 7.38. The molecule has 3 atom stereocenters. The fourth-order valence-electron chi connectivity index (χ4n) is 3.52. The Bertz CT molecular complexity index is 247. The van der Waals surface area contributed by atoms with Crippen LogP contribution in [0.15, 0.2) is 0 Å². The number of piperazine rings is 1. The van der Waals surface area contributed by atoms with Gasteiger partial charge in [0, 0.05) is 25.2 Å². The minimum atomic E-state index is 0.785. The Hall–Kier alpha value is -0.0800. The first-order chi connectivity index (χ1) is 8.54. The molecule has 0 aromatic heterocycles. The predicted molar refractivity (Wildman–Crippen MR) is 78.8 cm³/mol. The zero-order valence-corrected chi connectivity index (χ0v) is 12.8. The number of hydrogen-bond acceptors (Lipinski definition) is 2. The van der Waals surface area contributed by atoms with Crippen molar-refractivity contribution in [1.82, 2.24) is 10.2 Å². The molecule has 0 amide bonds. The van der Waals surface area contributed by atoms with E-state index >= 15 is 0 Å². The maximum Gasteiger partial charge on any atom is 0.0226 e. The molecule has 2 fully saturated rings. The van der Waals surface area contributed by atoms with Crippen LogP contribution in [0.25, 0.3) is 0 Å². The molecule has 2 heteroatoms. The van der Waals surface area contributed by atoms with Gasteiger partial charge in [-0.15, -0.1) is 0 Å². The summed E-state index contributed by atoms with van der Waals surface area (Å²) in [6.45, 7) is 13.3. The molecule has 0 aromatic carbocycles. The van der Waals surface area contributed by atoms with E-state index in [9.17, 15) is 0 Å². The summed E-state index contributed by atoms with van der Waals surface area (Å²) >= 11 is 0. The minimum absolute atomic E-state index is 0.785. The molecule has 2 aliphatic rings. The Kier molecular flexibility index (Phi) is 5.08. The third-order valence-electron chi connectivity index (χ3n) is 4.68. The zero-order chi connectivity index (χ0) is 13.1. The van der Waals surface area contributed by atoms with Crippen LogP contribution in [0.3, 0.4) is 0 Å². The molecule has 2 heterocycles. The lowest BCUT2D eigenvalue weighted by Crippen LogP contribution is -2.52. The average molecular weight is 252 g/mol. The van der Waals surface area contributed by atoms with Crippen molar-refractivity contribution in [2.75, 3.05) is 19.6 Å². The van der Waals surface area contributed by atoms with Crippen LogP contribution in [0, 0.1) is 17.8 Å². The Morgan fingerprint density at radius 3 is 2.44 bits per heavy atom. The molecular formula is C16H32N2. The summed E-state index contributed by atoms with van der Waals surface area (Å²) in [5.41, 5.74) is 0. The van der Waals surface area contributed by atoms with Crippen molar-refractivity contribution in [3.8, 4) is 0 Å². The predicted octanol–water partition coefficient (Wildman–Crippen LogP) is 3.13. The maximum absolute atomic E-state index is 3.84. The molecule has 2 bridgehead atoms. The molecule has 0 spiro atoms. The van der Waals surface area contributed by atoms with Crippen molar-refractivity contribution in [3.63, 3.8) is 0 Å². The van der Waals surface area contributed by atoms with Crippen molar-refractivity contribution in [2.24, 2.45) is 17.8 Å². The van der Waals surface area contributed by atoms with Gasteiger partial charge in [0.2, 0.25) is 0 Å². The third-order valence-corrected chi connectivity index (χ3v) is 4.68. The van der Waals surface area contributed by atoms with Gasteiger partial charge in [-0.3, -0.25) is 0 Å². The van der Waals surface area contributed by atoms with Crippen molar-refractivity contribution in [1.29, 1.82) is 0 Å². The van der Waals surface area contributed by atoms with Crippen LogP contribution in [0.5, 0.6) is 0 Å². The first-order valence-electron chi connectivity index (χ1n) is 8.03. The first kappa shape index (κ1) is 14.3. The molecule has 2 rings (SSSR count). The molecule has 0 radical (unpaired) electrons. The highest BCUT2D eigenvalue weighted by Crippen LogP contribution is 2.31. The average Bonchev–Trinajstić information content (AvgIpc) is 2.58. The van der Waals surface area contributed by atoms with E-state index in [1.165, 1.54) is 45.3 Å². The van der Waals surface area contributed by atoms with Crippen LogP contribution in [0.4, 0.5) is 0 Å². The topological polar surface area (TPSA) is 15.3 Å². The Morgan fingerprint density at radius 1 is 1.06 bits per heavy atom. The largest absolute Gasteiger partial charge is 0.308 e. The molecule has 0 aromatic rings. The van der Waals surface area contributed by atoms with Crippen LogP contribution >= 0.6 is 0 Å². The van der Waals surface area contributed by atoms with Gasteiger partial charge in [0.1, 0.15) is 0 Å². The molecule has 2 nitrogen and oxygen atoms in total. The summed E-state index contributed by atoms with van der Waals surface area (Å²) < 4.78 is 0. The minimum Gasteiger partial charge on any atom is -0.308 e. The molecule has 0 aliphatic carbocycles. The molecule has 106 valence electrons. The van der Waals surface area contributed by atoms with Crippen LogP contribution in [0.1, 0.15) is 53.4 Å². The van der Waals surface area contributed by atoms with Crippen molar-refractivity contribution in [2.45, 2.75) is 65.5 Å². The fraction of sp³-hybridized carbons (Fsp3) is 1.00. The van der Waals surface area contributed by atoms with Crippen molar-refractivity contribution >= 4 is 0 Å². The fourth-order valence-corrected chi connectivity index (χ4v) is 3.52. The highest BCUT2D eigenvalue weighted by Gasteiger charge is 2.38. The monoisotopic (exact) mass is 252 g/mol. The third kappa shape index (κ3) is 3.96. The van der Waals surface area contributed by atoms with Gasteiger partial charge in [0.05, 0.1) is 0 Å². The van der Waals surface area contributed by atoms with Gasteiger partial charge in [-0.1, -0.05) is 34.1 Å². The van der Waals surface area contributed by atoms with E-state index in [0.717, 1.165) is 29.8 Å². The van der Waals surface area contributed by atoms with E-state index in [4.69, 9.17) is 0 Å². The smallest absolute Gasteiger partial charge is 0.0226 e. The molecule has 1 unspecified atom stereocenters. The second kappa shape index (κ2) is 6.38. The lowest BCUT2D eigenvalue weighted by atomic mass is 9.91. The zero-order valence-electron chi connectivity index (χ0n) is 12.8. The van der Waals surface area contributed by atoms with Gasteiger partial charge in [-0.2, -0.15) is 0 Å². The summed E-state index contributed by atoms with van der Waals surface area (Å²) in [7, 11) is 0. The van der Waals surface area contributed by atoms with Crippen molar-refractivity contribution in [3.05, 3.63) is 0 Å². The van der Waals surface area contributed by atoms with Crippen LogP contribution in [-0.2, 0) is 0 Å². The number of fused-ring (bicyclic) bond motifs is 2. The number of rotatable bonds is 6. The summed E-state index contributed by atoms with van der Waals surface area (Å²) in [5.74, 6) is 2.65. The lowest BCUT2D eigenvalue weighted by Gasteiger charge is -2.34. The van der Waals surface area contributed by atoms with Crippen LogP contribution in [0.2, 0.25) is 0 Å². The molecule has 0 saturated carbocycles. The highest BCUT2D eigenvalue weighted by atomic mass is 15.2.